The third-order valence-corrected chi connectivity index (χ3v) is 7.78. The average Bonchev–Trinajstić information content (AvgIpc) is 3.56. The van der Waals surface area contributed by atoms with Gasteiger partial charge >= 0.3 is 5.97 Å². The molecule has 8 heteroatoms. The SMILES string of the molecule is CCOC(=O)C1CC(C(=O)NCc2ccc(F)cc2)N(C(=O)c2ccc(C(C)(C)C)cc2)C1c1cccs1. The van der Waals surface area contributed by atoms with Crippen molar-refractivity contribution in [3.8, 4) is 0 Å². The Hall–Kier alpha value is -3.52. The van der Waals surface area contributed by atoms with E-state index in [0.29, 0.717) is 5.56 Å². The zero-order valence-corrected chi connectivity index (χ0v) is 22.9. The van der Waals surface area contributed by atoms with Gasteiger partial charge in [-0.15, -0.1) is 11.3 Å². The number of halogens is 1. The Labute approximate surface area is 226 Å². The molecule has 3 atom stereocenters. The van der Waals surface area contributed by atoms with Gasteiger partial charge in [-0.2, -0.15) is 0 Å². The van der Waals surface area contributed by atoms with Crippen molar-refractivity contribution in [2.24, 2.45) is 5.92 Å². The summed E-state index contributed by atoms with van der Waals surface area (Å²) in [6.45, 7) is 8.41. The third kappa shape index (κ3) is 5.96. The van der Waals surface area contributed by atoms with Gasteiger partial charge in [-0.25, -0.2) is 4.39 Å². The maximum Gasteiger partial charge on any atom is 0.311 e. The van der Waals surface area contributed by atoms with Crippen LogP contribution in [0.2, 0.25) is 0 Å². The van der Waals surface area contributed by atoms with E-state index in [0.717, 1.165) is 16.0 Å². The summed E-state index contributed by atoms with van der Waals surface area (Å²) < 4.78 is 18.7. The van der Waals surface area contributed by atoms with E-state index in [-0.39, 0.29) is 42.6 Å². The van der Waals surface area contributed by atoms with E-state index >= 15 is 0 Å². The second-order valence-corrected chi connectivity index (χ2v) is 11.4. The topological polar surface area (TPSA) is 75.7 Å². The van der Waals surface area contributed by atoms with Crippen molar-refractivity contribution in [2.45, 2.75) is 58.2 Å². The van der Waals surface area contributed by atoms with Gasteiger partial charge in [0.15, 0.2) is 0 Å². The van der Waals surface area contributed by atoms with Crippen LogP contribution in [-0.4, -0.2) is 35.3 Å². The first-order valence-electron chi connectivity index (χ1n) is 12.8. The van der Waals surface area contributed by atoms with E-state index in [1.807, 2.05) is 29.6 Å². The molecule has 1 saturated heterocycles. The fourth-order valence-corrected chi connectivity index (χ4v) is 5.70. The number of ether oxygens (including phenoxy) is 1. The number of carbonyl (C=O) groups excluding carboxylic acids is 3. The second kappa shape index (κ2) is 11.5. The molecule has 1 aliphatic rings. The highest BCUT2D eigenvalue weighted by Gasteiger charge is 2.51. The first-order valence-corrected chi connectivity index (χ1v) is 13.6. The summed E-state index contributed by atoms with van der Waals surface area (Å²) in [5.41, 5.74) is 2.18. The van der Waals surface area contributed by atoms with Crippen LogP contribution in [0.25, 0.3) is 0 Å². The molecule has 200 valence electrons. The molecular formula is C30H33FN2O4S. The van der Waals surface area contributed by atoms with Crippen LogP contribution in [0, 0.1) is 11.7 Å². The molecule has 2 aromatic carbocycles. The van der Waals surface area contributed by atoms with Crippen molar-refractivity contribution < 1.29 is 23.5 Å². The van der Waals surface area contributed by atoms with E-state index < -0.39 is 24.0 Å². The lowest BCUT2D eigenvalue weighted by Crippen LogP contribution is -2.46. The van der Waals surface area contributed by atoms with Gasteiger partial charge < -0.3 is 15.0 Å². The van der Waals surface area contributed by atoms with Crippen LogP contribution in [-0.2, 0) is 26.3 Å². The summed E-state index contributed by atoms with van der Waals surface area (Å²) in [4.78, 5) is 43.0. The Balaban J connectivity index is 1.69. The lowest BCUT2D eigenvalue weighted by molar-refractivity contribution is -0.148. The number of thiophene rings is 1. The first kappa shape index (κ1) is 27.5. The molecule has 4 rings (SSSR count). The number of likely N-dealkylation sites (tertiary alicyclic amines) is 1. The van der Waals surface area contributed by atoms with Crippen LogP contribution in [0.4, 0.5) is 4.39 Å². The van der Waals surface area contributed by atoms with Crippen LogP contribution < -0.4 is 5.32 Å². The summed E-state index contributed by atoms with van der Waals surface area (Å²) in [6.07, 6.45) is 0.141. The van der Waals surface area contributed by atoms with Crippen molar-refractivity contribution in [3.05, 3.63) is 93.4 Å². The fraction of sp³-hybridized carbons (Fsp3) is 0.367. The van der Waals surface area contributed by atoms with Gasteiger partial charge in [0.1, 0.15) is 11.9 Å². The summed E-state index contributed by atoms with van der Waals surface area (Å²) in [5, 5.41) is 4.77. The predicted molar refractivity (Wildman–Crippen MR) is 145 cm³/mol. The average molecular weight is 537 g/mol. The zero-order chi connectivity index (χ0) is 27.4. The maximum absolute atomic E-state index is 14.0. The summed E-state index contributed by atoms with van der Waals surface area (Å²) in [6, 6.07) is 15.5. The molecule has 1 fully saturated rings. The Bertz CT molecular complexity index is 1270. The minimum atomic E-state index is -0.883. The molecule has 2 heterocycles. The van der Waals surface area contributed by atoms with E-state index in [4.69, 9.17) is 4.74 Å². The van der Waals surface area contributed by atoms with E-state index in [1.54, 1.807) is 36.1 Å². The number of nitrogens with zero attached hydrogens (tertiary/aromatic N) is 1. The lowest BCUT2D eigenvalue weighted by Gasteiger charge is -2.30. The monoisotopic (exact) mass is 536 g/mol. The number of amides is 2. The molecule has 0 radical (unpaired) electrons. The van der Waals surface area contributed by atoms with E-state index in [9.17, 15) is 18.8 Å². The molecule has 38 heavy (non-hydrogen) atoms. The Morgan fingerprint density at radius 1 is 1.05 bits per heavy atom. The highest BCUT2D eigenvalue weighted by molar-refractivity contribution is 7.10. The quantitative estimate of drug-likeness (QED) is 0.397. The molecule has 3 aromatic rings. The minimum Gasteiger partial charge on any atom is -0.466 e. The van der Waals surface area contributed by atoms with Gasteiger partial charge in [0.25, 0.3) is 5.91 Å². The Kier molecular flexibility index (Phi) is 8.31. The van der Waals surface area contributed by atoms with E-state index in [2.05, 4.69) is 26.1 Å². The molecule has 0 spiro atoms. The van der Waals surface area contributed by atoms with Gasteiger partial charge in [-0.3, -0.25) is 14.4 Å². The number of hydrogen-bond donors (Lipinski definition) is 1. The normalized spacial score (nSPS) is 19.3. The van der Waals surface area contributed by atoms with Crippen molar-refractivity contribution in [2.75, 3.05) is 6.61 Å². The van der Waals surface area contributed by atoms with Crippen LogP contribution in [0.1, 0.15) is 66.5 Å². The number of hydrogen-bond acceptors (Lipinski definition) is 5. The van der Waals surface area contributed by atoms with Gasteiger partial charge in [0, 0.05) is 17.0 Å². The van der Waals surface area contributed by atoms with Crippen LogP contribution >= 0.6 is 11.3 Å². The number of benzene rings is 2. The molecular weight excluding hydrogens is 503 g/mol. The molecule has 1 aromatic heterocycles. The van der Waals surface area contributed by atoms with Crippen LogP contribution in [0.3, 0.4) is 0 Å². The number of carbonyl (C=O) groups is 3. The molecule has 3 unspecified atom stereocenters. The first-order chi connectivity index (χ1) is 18.1. The lowest BCUT2D eigenvalue weighted by atomic mass is 9.86. The molecule has 6 nitrogen and oxygen atoms in total. The minimum absolute atomic E-state index is 0.0769. The molecule has 0 saturated carbocycles. The third-order valence-electron chi connectivity index (χ3n) is 6.83. The van der Waals surface area contributed by atoms with Crippen molar-refractivity contribution in [1.29, 1.82) is 0 Å². The summed E-state index contributed by atoms with van der Waals surface area (Å²) in [7, 11) is 0. The summed E-state index contributed by atoms with van der Waals surface area (Å²) >= 11 is 1.44. The second-order valence-electron chi connectivity index (χ2n) is 10.5. The standard InChI is InChI=1S/C30H33FN2O4S/c1-5-37-29(36)23-17-24(27(34)32-18-19-8-14-22(31)15-9-19)33(26(23)25-7-6-16-38-25)28(35)20-10-12-21(13-11-20)30(2,3)4/h6-16,23-24,26H,5,17-18H2,1-4H3,(H,32,34). The molecule has 2 amide bonds. The highest BCUT2D eigenvalue weighted by atomic mass is 32.1. The maximum atomic E-state index is 14.0. The summed E-state index contributed by atoms with van der Waals surface area (Å²) in [5.74, 6) is -2.17. The highest BCUT2D eigenvalue weighted by Crippen LogP contribution is 2.44. The van der Waals surface area contributed by atoms with Crippen molar-refractivity contribution in [3.63, 3.8) is 0 Å². The largest absolute Gasteiger partial charge is 0.466 e. The fourth-order valence-electron chi connectivity index (χ4n) is 4.81. The number of rotatable bonds is 7. The zero-order valence-electron chi connectivity index (χ0n) is 22.1. The molecule has 1 N–H and O–H groups in total. The molecule has 0 bridgehead atoms. The number of esters is 1. The molecule has 1 aliphatic heterocycles. The van der Waals surface area contributed by atoms with Crippen LogP contribution in [0.15, 0.2) is 66.0 Å². The van der Waals surface area contributed by atoms with Gasteiger partial charge in [-0.1, -0.05) is 51.1 Å². The number of nitrogens with one attached hydrogen (secondary N) is 1. The predicted octanol–water partition coefficient (Wildman–Crippen LogP) is 5.64. The smallest absolute Gasteiger partial charge is 0.311 e. The van der Waals surface area contributed by atoms with Gasteiger partial charge in [-0.05, 0) is 65.6 Å². The Morgan fingerprint density at radius 3 is 2.32 bits per heavy atom. The van der Waals surface area contributed by atoms with E-state index in [1.165, 1.54) is 23.5 Å². The van der Waals surface area contributed by atoms with Gasteiger partial charge in [0.05, 0.1) is 18.6 Å². The Morgan fingerprint density at radius 2 is 1.74 bits per heavy atom. The van der Waals surface area contributed by atoms with Crippen LogP contribution in [0.5, 0.6) is 0 Å². The van der Waals surface area contributed by atoms with Crippen molar-refractivity contribution in [1.82, 2.24) is 10.2 Å². The van der Waals surface area contributed by atoms with Gasteiger partial charge in [0.2, 0.25) is 5.91 Å². The molecule has 0 aliphatic carbocycles. The van der Waals surface area contributed by atoms with Crippen molar-refractivity contribution >= 4 is 29.1 Å².